The molecule has 4 bridgehead atoms. The molecule has 8 aromatic carbocycles. The molecule has 0 unspecified atom stereocenters. The van der Waals surface area contributed by atoms with Gasteiger partial charge in [-0.25, -0.2) is 26.3 Å². The van der Waals surface area contributed by atoms with Crippen LogP contribution in [0.4, 0.5) is 11.4 Å². The van der Waals surface area contributed by atoms with Crippen LogP contribution in [0.1, 0.15) is 174 Å². The Bertz CT molecular complexity index is 4850. The fourth-order valence-electron chi connectivity index (χ4n) is 21.1. The molecule has 4 aliphatic carbocycles. The Balaban J connectivity index is 0.000000187. The maximum atomic E-state index is 14.4. The largest absolute Gasteiger partial charge is 0.490 e. The van der Waals surface area contributed by atoms with Gasteiger partial charge in [0, 0.05) is 85.6 Å². The first-order valence-corrected chi connectivity index (χ1v) is 51.0. The summed E-state index contributed by atoms with van der Waals surface area (Å²) in [6.07, 6.45) is 20.6. The van der Waals surface area contributed by atoms with E-state index in [9.17, 15) is 26.4 Å². The van der Waals surface area contributed by atoms with E-state index in [0.717, 1.165) is 119 Å². The lowest BCUT2D eigenvalue weighted by molar-refractivity contribution is 0.0131. The van der Waals surface area contributed by atoms with Gasteiger partial charge in [0.15, 0.2) is 0 Å². The molecule has 2 N–H and O–H groups in total. The van der Waals surface area contributed by atoms with Gasteiger partial charge in [0.05, 0.1) is 47.3 Å². The van der Waals surface area contributed by atoms with Gasteiger partial charge in [0.25, 0.3) is 28.4 Å². The SMILES string of the molecule is CO[C@H]1/C=C/CC[C@@H](CCO[Si](c2ccccc2)(c2ccccc2)C(C)(C)C)S(=O)(=O)NC(=O)c2ccc3c(c2)N(C[C@@H]2CC[C@H]21)C[C@@]1(CCCc2cc(Cl)ccc21)CO3.CO[C@H]1/C=C/CC[C@H](CCO[Si](c2ccccc2)(c2ccccc2)C(C)(C)C)S(=O)(=O)NC(=O)c2ccc3c(c2)N(C[C@@H]2CC[C@H]21)C[C@@]1(CCCc2cc(Cl)ccc21)CO3. The zero-order valence-corrected chi connectivity index (χ0v) is 75.9. The van der Waals surface area contributed by atoms with Crippen LogP contribution in [0.3, 0.4) is 0 Å². The molecule has 636 valence electrons. The van der Waals surface area contributed by atoms with Gasteiger partial charge < -0.3 is 37.6 Å². The van der Waals surface area contributed by atoms with Crippen molar-refractivity contribution in [3.05, 3.63) is 262 Å². The van der Waals surface area contributed by atoms with Crippen molar-refractivity contribution in [1.29, 1.82) is 0 Å². The van der Waals surface area contributed by atoms with Gasteiger partial charge in [-0.2, -0.15) is 0 Å². The molecular weight excluding hydrogens is 1620 g/mol. The number of anilines is 2. The van der Waals surface area contributed by atoms with Gasteiger partial charge in [-0.05, 0) is 240 Å². The summed E-state index contributed by atoms with van der Waals surface area (Å²) in [4.78, 5) is 33.1. The number of ether oxygens (including phenoxy) is 4. The number of sulfonamides is 2. The third-order valence-corrected chi connectivity index (χ3v) is 41.7. The number of nitrogens with zero attached hydrogens (tertiary/aromatic N) is 2. The van der Waals surface area contributed by atoms with Gasteiger partial charge in [-0.15, -0.1) is 0 Å². The van der Waals surface area contributed by atoms with Gasteiger partial charge in [-0.3, -0.25) is 9.59 Å². The number of nitrogens with one attached hydrogen (secondary N) is 2. The number of carbonyl (C=O) groups is 2. The number of hydrogen-bond donors (Lipinski definition) is 2. The molecule has 4 heterocycles. The number of aryl methyl sites for hydroxylation is 2. The minimum absolute atomic E-state index is 0.0922. The molecule has 8 aliphatic rings. The first kappa shape index (κ1) is 87.0. The minimum Gasteiger partial charge on any atom is -0.490 e. The number of fused-ring (bicyclic) bond motifs is 8. The van der Waals surface area contributed by atoms with Crippen LogP contribution in [0.2, 0.25) is 20.1 Å². The Morgan fingerprint density at radius 3 is 1.18 bits per heavy atom. The Morgan fingerprint density at radius 1 is 0.475 bits per heavy atom. The monoisotopic (exact) mass is 1730 g/mol. The predicted molar refractivity (Wildman–Crippen MR) is 488 cm³/mol. The maximum absolute atomic E-state index is 14.4. The number of hydrogen-bond acceptors (Lipinski definition) is 14. The second-order valence-electron chi connectivity index (χ2n) is 36.8. The molecule has 0 saturated heterocycles. The fraction of sp³-hybridized carbons (Fsp3) is 0.449. The summed E-state index contributed by atoms with van der Waals surface area (Å²) >= 11 is 13.0. The average Bonchev–Trinajstić information content (AvgIpc) is 1.66. The Hall–Kier alpha value is -7.87. The molecule has 0 aromatic heterocycles. The minimum atomic E-state index is -4.14. The number of halogens is 2. The van der Waals surface area contributed by atoms with Crippen molar-refractivity contribution in [2.75, 3.05) is 76.6 Å². The Kier molecular flexibility index (Phi) is 26.5. The first-order chi connectivity index (χ1) is 57.7. The standard InChI is InChI=1S/2C49H59ClN2O6SSi/c2*1-48(2,3)60(40-16-7-5-8-17-40,41-18-9-6-10-19-41)58-29-27-39-15-11-12-20-45(56-4)42-24-21-37(42)32-52-33-49(28-13-14-35-30-38(50)23-25-43(35)49)34-57-46-26-22-36(31-44(46)52)47(53)51-59(39,54)55/h2*5-10,12,16-20,22-23,25-26,30-31,37,39,42,45H,11,13-15,21,24,27-29,32-34H2,1-4H3,(H,51,53)/b2*20-12+/t37-,39+,42+,45-,49-;37-,39-,42+,45-,49-/m00/s1. The van der Waals surface area contributed by atoms with E-state index in [1.54, 1.807) is 26.4 Å². The second-order valence-corrected chi connectivity index (χ2v) is 50.2. The lowest BCUT2D eigenvalue weighted by Gasteiger charge is -2.46. The quantitative estimate of drug-likeness (QED) is 0.0773. The van der Waals surface area contributed by atoms with Crippen LogP contribution in [0.25, 0.3) is 0 Å². The molecule has 10 atom stereocenters. The van der Waals surface area contributed by atoms with Crippen molar-refractivity contribution in [1.82, 2.24) is 9.44 Å². The summed E-state index contributed by atoms with van der Waals surface area (Å²) in [5, 5.41) is 3.71. The van der Waals surface area contributed by atoms with Crippen LogP contribution in [-0.2, 0) is 62.0 Å². The number of carbonyl (C=O) groups excluding carboxylic acids is 2. The predicted octanol–water partition coefficient (Wildman–Crippen LogP) is 17.2. The number of amides is 2. The highest BCUT2D eigenvalue weighted by Gasteiger charge is 2.53. The molecule has 0 radical (unpaired) electrons. The van der Waals surface area contributed by atoms with Crippen molar-refractivity contribution in [3.8, 4) is 11.5 Å². The third-order valence-electron chi connectivity index (χ3n) is 27.5. The van der Waals surface area contributed by atoms with Gasteiger partial charge in [0.2, 0.25) is 20.0 Å². The lowest BCUT2D eigenvalue weighted by Crippen LogP contribution is -2.66. The molecule has 2 amide bonds. The molecule has 22 heteroatoms. The van der Waals surface area contributed by atoms with Crippen LogP contribution >= 0.6 is 23.2 Å². The lowest BCUT2D eigenvalue weighted by atomic mass is 9.68. The Labute approximate surface area is 723 Å². The molecule has 120 heavy (non-hydrogen) atoms. The smallest absolute Gasteiger partial charge is 0.264 e. The van der Waals surface area contributed by atoms with E-state index in [4.69, 9.17) is 51.0 Å². The summed E-state index contributed by atoms with van der Waals surface area (Å²) < 4.78 is 103. The maximum Gasteiger partial charge on any atom is 0.264 e. The van der Waals surface area contributed by atoms with Crippen molar-refractivity contribution in [2.24, 2.45) is 23.7 Å². The molecule has 2 fully saturated rings. The fourth-order valence-corrected chi connectivity index (χ4v) is 33.4. The van der Waals surface area contributed by atoms with Gasteiger partial charge in [-0.1, -0.05) is 223 Å². The number of methoxy groups -OCH3 is 2. The van der Waals surface area contributed by atoms with E-state index in [2.05, 4.69) is 158 Å². The topological polar surface area (TPSA) is 188 Å². The highest BCUT2D eigenvalue weighted by molar-refractivity contribution is 7.91. The van der Waals surface area contributed by atoms with Crippen LogP contribution in [0, 0.1) is 23.7 Å². The first-order valence-electron chi connectivity index (χ1n) is 43.3. The molecule has 16 nitrogen and oxygen atoms in total. The normalized spacial score (nSPS) is 26.1. The van der Waals surface area contributed by atoms with Crippen LogP contribution in [0.15, 0.2) is 218 Å². The number of benzene rings is 8. The summed E-state index contributed by atoms with van der Waals surface area (Å²) in [6, 6.07) is 64.6. The summed E-state index contributed by atoms with van der Waals surface area (Å²) in [6.45, 7) is 17.7. The van der Waals surface area contributed by atoms with Crippen molar-refractivity contribution >= 4 is 104 Å². The zero-order chi connectivity index (χ0) is 84.2. The van der Waals surface area contributed by atoms with Crippen molar-refractivity contribution < 1.29 is 54.2 Å². The molecule has 8 aromatic rings. The summed E-state index contributed by atoms with van der Waals surface area (Å²) in [5.74, 6) is 1.47. The van der Waals surface area contributed by atoms with Gasteiger partial charge >= 0.3 is 0 Å². The number of rotatable bonds is 14. The highest BCUT2D eigenvalue weighted by atomic mass is 35.5. The highest BCUT2D eigenvalue weighted by Crippen LogP contribution is 2.51. The summed E-state index contributed by atoms with van der Waals surface area (Å²) in [5.41, 5.74) is 6.73. The van der Waals surface area contributed by atoms with Gasteiger partial charge in [0.1, 0.15) is 11.5 Å². The molecule has 2 spiro atoms. The van der Waals surface area contributed by atoms with E-state index in [1.807, 2.05) is 109 Å². The van der Waals surface area contributed by atoms with E-state index in [1.165, 1.54) is 22.3 Å². The van der Waals surface area contributed by atoms with E-state index in [-0.39, 0.29) is 70.3 Å². The number of allylic oxidation sites excluding steroid dienone is 2. The van der Waals surface area contributed by atoms with E-state index < -0.39 is 59.0 Å². The molecule has 16 rings (SSSR count). The Morgan fingerprint density at radius 2 is 0.842 bits per heavy atom. The third kappa shape index (κ3) is 18.0. The second kappa shape index (κ2) is 36.5. The molecular formula is C98H118Cl2N4O12S2Si2. The van der Waals surface area contributed by atoms with Crippen molar-refractivity contribution in [3.63, 3.8) is 0 Å². The van der Waals surface area contributed by atoms with E-state index >= 15 is 0 Å². The van der Waals surface area contributed by atoms with E-state index in [0.29, 0.717) is 87.2 Å². The van der Waals surface area contributed by atoms with Crippen LogP contribution in [0.5, 0.6) is 11.5 Å². The summed E-state index contributed by atoms with van der Waals surface area (Å²) in [7, 11) is -10.6. The average molecular weight is 1740 g/mol. The van der Waals surface area contributed by atoms with Crippen LogP contribution < -0.4 is 49.5 Å². The van der Waals surface area contributed by atoms with Crippen molar-refractivity contribution in [2.45, 2.75) is 188 Å². The molecule has 4 aliphatic heterocycles. The van der Waals surface area contributed by atoms with Crippen LogP contribution in [-0.4, -0.2) is 135 Å². The molecule has 2 saturated carbocycles. The zero-order valence-electron chi connectivity index (χ0n) is 70.7.